The van der Waals surface area contributed by atoms with Crippen molar-refractivity contribution >= 4 is 15.8 Å². The van der Waals surface area contributed by atoms with Gasteiger partial charge in [0.05, 0.1) is 5.75 Å². The van der Waals surface area contributed by atoms with E-state index in [0.717, 1.165) is 0 Å². The summed E-state index contributed by atoms with van der Waals surface area (Å²) < 4.78 is 22.0. The van der Waals surface area contributed by atoms with Crippen LogP contribution in [-0.2, 0) is 14.6 Å². The van der Waals surface area contributed by atoms with Gasteiger partial charge in [0.25, 0.3) is 0 Å². The van der Waals surface area contributed by atoms with Crippen LogP contribution in [0.15, 0.2) is 0 Å². The summed E-state index contributed by atoms with van der Waals surface area (Å²) in [7, 11) is -3.41. The predicted octanol–water partition coefficient (Wildman–Crippen LogP) is 0.284. The molecule has 0 saturated carbocycles. The van der Waals surface area contributed by atoms with Crippen molar-refractivity contribution < 1.29 is 18.3 Å². The lowest BCUT2D eigenvalue weighted by Gasteiger charge is -2.05. The van der Waals surface area contributed by atoms with Gasteiger partial charge in [-0.3, -0.25) is 4.79 Å². The molecule has 0 aromatic carbocycles. The van der Waals surface area contributed by atoms with Crippen LogP contribution in [-0.4, -0.2) is 30.5 Å². The van der Waals surface area contributed by atoms with E-state index in [-0.39, 0.29) is 5.75 Å². The van der Waals surface area contributed by atoms with Crippen molar-refractivity contribution in [2.75, 3.05) is 5.75 Å². The van der Waals surface area contributed by atoms with Gasteiger partial charge in [-0.25, -0.2) is 8.42 Å². The molecule has 0 bridgehead atoms. The van der Waals surface area contributed by atoms with Crippen molar-refractivity contribution in [3.8, 4) is 0 Å². The van der Waals surface area contributed by atoms with E-state index < -0.39 is 21.1 Å². The molecule has 0 spiro atoms. The number of rotatable bonds is 4. The van der Waals surface area contributed by atoms with Crippen molar-refractivity contribution in [3.05, 3.63) is 0 Å². The molecule has 4 nitrogen and oxygen atoms in total. The fraction of sp³-hybridized carbons (Fsp3) is 0.833. The molecule has 0 amide bonds. The van der Waals surface area contributed by atoms with Crippen LogP contribution in [0, 0.1) is 0 Å². The number of carboxylic acid groups (broad SMARTS) is 1. The molecule has 0 aliphatic rings. The van der Waals surface area contributed by atoms with Crippen LogP contribution in [0.4, 0.5) is 0 Å². The van der Waals surface area contributed by atoms with E-state index in [1.54, 1.807) is 6.92 Å². The molecule has 1 atom stereocenters. The first kappa shape index (κ1) is 10.4. The van der Waals surface area contributed by atoms with Crippen molar-refractivity contribution in [1.29, 1.82) is 0 Å². The normalized spacial score (nSPS) is 14.4. The summed E-state index contributed by atoms with van der Waals surface area (Å²) in [5, 5.41) is 7.09. The van der Waals surface area contributed by atoms with Gasteiger partial charge in [-0.05, 0) is 13.3 Å². The maximum Gasteiger partial charge on any atom is 0.321 e. The Kier molecular flexibility index (Phi) is 3.51. The minimum Gasteiger partial charge on any atom is -0.480 e. The SMILES string of the molecule is CCCS(=O)(=O)[C@@H](C)C(=O)O. The van der Waals surface area contributed by atoms with Crippen LogP contribution in [0.2, 0.25) is 0 Å². The zero-order chi connectivity index (χ0) is 9.07. The zero-order valence-electron chi connectivity index (χ0n) is 6.57. The standard InChI is InChI=1S/C6H12O4S/c1-3-4-11(9,10)5(2)6(7)8/h5H,3-4H2,1-2H3,(H,7,8)/t5-/m0/s1. The third-order valence-corrected chi connectivity index (χ3v) is 3.63. The second-order valence-electron chi connectivity index (χ2n) is 2.35. The van der Waals surface area contributed by atoms with Crippen LogP contribution in [0.3, 0.4) is 0 Å². The van der Waals surface area contributed by atoms with E-state index in [1.807, 2.05) is 0 Å². The lowest BCUT2D eigenvalue weighted by molar-refractivity contribution is -0.136. The van der Waals surface area contributed by atoms with Crippen molar-refractivity contribution in [2.24, 2.45) is 0 Å². The summed E-state index contributed by atoms with van der Waals surface area (Å²) >= 11 is 0. The lowest BCUT2D eigenvalue weighted by Crippen LogP contribution is -2.28. The van der Waals surface area contributed by atoms with E-state index in [1.165, 1.54) is 6.92 Å². The van der Waals surface area contributed by atoms with Gasteiger partial charge in [-0.1, -0.05) is 6.92 Å². The van der Waals surface area contributed by atoms with Gasteiger partial charge in [-0.2, -0.15) is 0 Å². The summed E-state index contributed by atoms with van der Waals surface area (Å²) in [5.74, 6) is -1.33. The quantitative estimate of drug-likeness (QED) is 0.674. The molecule has 0 aromatic rings. The average molecular weight is 180 g/mol. The predicted molar refractivity (Wildman–Crippen MR) is 41.2 cm³/mol. The highest BCUT2D eigenvalue weighted by Crippen LogP contribution is 2.03. The molecular formula is C6H12O4S. The summed E-state index contributed by atoms with van der Waals surface area (Å²) in [6.45, 7) is 2.89. The Morgan fingerprint density at radius 1 is 1.55 bits per heavy atom. The van der Waals surface area contributed by atoms with Gasteiger partial charge in [0.1, 0.15) is 0 Å². The first-order valence-corrected chi connectivity index (χ1v) is 5.07. The molecule has 11 heavy (non-hydrogen) atoms. The van der Waals surface area contributed by atoms with Crippen LogP contribution in [0.1, 0.15) is 20.3 Å². The van der Waals surface area contributed by atoms with Crippen LogP contribution in [0.5, 0.6) is 0 Å². The molecular weight excluding hydrogens is 168 g/mol. The fourth-order valence-electron chi connectivity index (χ4n) is 0.615. The first-order valence-electron chi connectivity index (χ1n) is 3.36. The molecule has 5 heteroatoms. The van der Waals surface area contributed by atoms with E-state index in [9.17, 15) is 13.2 Å². The van der Waals surface area contributed by atoms with Crippen LogP contribution in [0.25, 0.3) is 0 Å². The highest BCUT2D eigenvalue weighted by Gasteiger charge is 2.26. The van der Waals surface area contributed by atoms with Gasteiger partial charge >= 0.3 is 5.97 Å². The average Bonchev–Trinajstić information content (AvgIpc) is 1.86. The summed E-state index contributed by atoms with van der Waals surface area (Å²) in [4.78, 5) is 10.2. The Morgan fingerprint density at radius 3 is 2.27 bits per heavy atom. The first-order chi connectivity index (χ1) is 4.91. The van der Waals surface area contributed by atoms with E-state index >= 15 is 0 Å². The van der Waals surface area contributed by atoms with E-state index in [4.69, 9.17) is 5.11 Å². The summed E-state index contributed by atoms with van der Waals surface area (Å²) in [6.07, 6.45) is 0.458. The minimum atomic E-state index is -3.41. The van der Waals surface area contributed by atoms with Crippen molar-refractivity contribution in [3.63, 3.8) is 0 Å². The van der Waals surface area contributed by atoms with E-state index in [0.29, 0.717) is 6.42 Å². The smallest absolute Gasteiger partial charge is 0.321 e. The monoisotopic (exact) mass is 180 g/mol. The fourth-order valence-corrected chi connectivity index (χ4v) is 1.84. The Balaban J connectivity index is 4.44. The Hall–Kier alpha value is -0.580. The highest BCUT2D eigenvalue weighted by molar-refractivity contribution is 7.92. The van der Waals surface area contributed by atoms with Crippen molar-refractivity contribution in [1.82, 2.24) is 0 Å². The molecule has 0 rings (SSSR count). The molecule has 0 unspecified atom stereocenters. The Morgan fingerprint density at radius 2 is 2.00 bits per heavy atom. The number of aliphatic carboxylic acids is 1. The number of sulfone groups is 1. The number of carboxylic acids is 1. The van der Waals surface area contributed by atoms with Crippen molar-refractivity contribution in [2.45, 2.75) is 25.5 Å². The number of carbonyl (C=O) groups is 1. The van der Waals surface area contributed by atoms with Gasteiger partial charge < -0.3 is 5.11 Å². The molecule has 66 valence electrons. The molecule has 1 N–H and O–H groups in total. The number of hydrogen-bond donors (Lipinski definition) is 1. The van der Waals surface area contributed by atoms with Gasteiger partial charge in [0, 0.05) is 0 Å². The Labute approximate surface area is 66.1 Å². The maximum atomic E-state index is 11.0. The third kappa shape index (κ3) is 2.88. The second kappa shape index (κ2) is 3.71. The lowest BCUT2D eigenvalue weighted by atomic mass is 10.5. The van der Waals surface area contributed by atoms with Crippen LogP contribution >= 0.6 is 0 Å². The molecule has 0 heterocycles. The topological polar surface area (TPSA) is 71.4 Å². The number of hydrogen-bond acceptors (Lipinski definition) is 3. The van der Waals surface area contributed by atoms with Crippen LogP contribution < -0.4 is 0 Å². The summed E-state index contributed by atoms with van der Waals surface area (Å²) in [5.41, 5.74) is 0. The Bertz CT molecular complexity index is 229. The maximum absolute atomic E-state index is 11.0. The molecule has 0 saturated heterocycles. The van der Waals surface area contributed by atoms with E-state index in [2.05, 4.69) is 0 Å². The second-order valence-corrected chi connectivity index (χ2v) is 4.79. The zero-order valence-corrected chi connectivity index (χ0v) is 7.39. The molecule has 0 aromatic heterocycles. The van der Waals surface area contributed by atoms with Gasteiger partial charge in [-0.15, -0.1) is 0 Å². The molecule has 0 aliphatic heterocycles. The molecule has 0 fully saturated rings. The summed E-state index contributed by atoms with van der Waals surface area (Å²) in [6, 6.07) is 0. The molecule has 0 aliphatic carbocycles. The highest BCUT2D eigenvalue weighted by atomic mass is 32.2. The molecule has 0 radical (unpaired) electrons. The van der Waals surface area contributed by atoms with Gasteiger partial charge in [0.2, 0.25) is 0 Å². The minimum absolute atomic E-state index is 0.0551. The largest absolute Gasteiger partial charge is 0.480 e. The van der Waals surface area contributed by atoms with Gasteiger partial charge in [0.15, 0.2) is 15.1 Å². The third-order valence-electron chi connectivity index (χ3n) is 1.38.